The van der Waals surface area contributed by atoms with Crippen molar-refractivity contribution in [2.75, 3.05) is 4.90 Å². The van der Waals surface area contributed by atoms with Gasteiger partial charge in [-0.2, -0.15) is 0 Å². The molecule has 1 aliphatic rings. The highest BCUT2D eigenvalue weighted by molar-refractivity contribution is 6.11. The minimum Gasteiger partial charge on any atom is -0.354 e. The SMILES string of the molecule is CC(=O)N1c2ccccc2C(C)(C)c2cc3c(cc21)[nH]c1ccccc13. The van der Waals surface area contributed by atoms with Crippen LogP contribution in [0.1, 0.15) is 31.9 Å². The van der Waals surface area contributed by atoms with Gasteiger partial charge in [0.15, 0.2) is 0 Å². The number of nitrogens with zero attached hydrogens (tertiary/aromatic N) is 1. The van der Waals surface area contributed by atoms with Gasteiger partial charge in [0.1, 0.15) is 0 Å². The fraction of sp³-hybridized carbons (Fsp3) is 0.174. The first-order valence-electron chi connectivity index (χ1n) is 8.93. The summed E-state index contributed by atoms with van der Waals surface area (Å²) in [7, 11) is 0. The molecule has 0 saturated carbocycles. The molecule has 3 heteroatoms. The molecular weight excluding hydrogens is 320 g/mol. The quantitative estimate of drug-likeness (QED) is 0.441. The Hall–Kier alpha value is -3.07. The number of carbonyl (C=O) groups excluding carboxylic acids is 1. The van der Waals surface area contributed by atoms with Crippen LogP contribution in [-0.2, 0) is 10.2 Å². The molecule has 2 heterocycles. The van der Waals surface area contributed by atoms with Crippen molar-refractivity contribution in [1.82, 2.24) is 4.98 Å². The lowest BCUT2D eigenvalue weighted by Gasteiger charge is -2.40. The number of nitrogens with one attached hydrogen (secondary N) is 1. The van der Waals surface area contributed by atoms with Crippen molar-refractivity contribution < 1.29 is 4.79 Å². The molecule has 0 saturated heterocycles. The molecule has 26 heavy (non-hydrogen) atoms. The second-order valence-electron chi connectivity index (χ2n) is 7.58. The van der Waals surface area contributed by atoms with E-state index in [0.717, 1.165) is 22.4 Å². The Balaban J connectivity index is 1.92. The van der Waals surface area contributed by atoms with E-state index < -0.39 is 0 Å². The van der Waals surface area contributed by atoms with Crippen molar-refractivity contribution in [2.24, 2.45) is 0 Å². The molecular formula is C23H20N2O. The Bertz CT molecular complexity index is 1200. The molecule has 4 aromatic rings. The van der Waals surface area contributed by atoms with Gasteiger partial charge >= 0.3 is 0 Å². The minimum atomic E-state index is -0.176. The van der Waals surface area contributed by atoms with Crippen molar-refractivity contribution in [3.8, 4) is 0 Å². The number of rotatable bonds is 0. The molecule has 5 rings (SSSR count). The zero-order chi connectivity index (χ0) is 18.1. The molecule has 0 aliphatic carbocycles. The predicted molar refractivity (Wildman–Crippen MR) is 107 cm³/mol. The number of hydrogen-bond acceptors (Lipinski definition) is 1. The number of H-pyrrole nitrogens is 1. The zero-order valence-electron chi connectivity index (χ0n) is 15.1. The van der Waals surface area contributed by atoms with Gasteiger partial charge in [-0.15, -0.1) is 0 Å². The van der Waals surface area contributed by atoms with Crippen LogP contribution in [0.3, 0.4) is 0 Å². The second-order valence-corrected chi connectivity index (χ2v) is 7.58. The van der Waals surface area contributed by atoms with Crippen LogP contribution in [0.25, 0.3) is 21.8 Å². The fourth-order valence-corrected chi connectivity index (χ4v) is 4.38. The van der Waals surface area contributed by atoms with Crippen LogP contribution in [0, 0.1) is 0 Å². The molecule has 0 atom stereocenters. The van der Waals surface area contributed by atoms with Gasteiger partial charge in [0.05, 0.1) is 11.4 Å². The molecule has 3 aromatic carbocycles. The number of amides is 1. The first-order chi connectivity index (χ1) is 12.5. The van der Waals surface area contributed by atoms with Crippen LogP contribution in [-0.4, -0.2) is 10.9 Å². The first-order valence-corrected chi connectivity index (χ1v) is 8.93. The number of fused-ring (bicyclic) bond motifs is 5. The number of hydrogen-bond donors (Lipinski definition) is 1. The van der Waals surface area contributed by atoms with Gasteiger partial charge in [-0.3, -0.25) is 9.69 Å². The third kappa shape index (κ3) is 1.86. The summed E-state index contributed by atoms with van der Waals surface area (Å²) in [6, 6.07) is 21.0. The Labute approximate surface area is 152 Å². The number of carbonyl (C=O) groups is 1. The van der Waals surface area contributed by atoms with Crippen LogP contribution in [0.2, 0.25) is 0 Å². The first kappa shape index (κ1) is 15.2. The number of para-hydroxylation sites is 2. The smallest absolute Gasteiger partial charge is 0.228 e. The predicted octanol–water partition coefficient (Wildman–Crippen LogP) is 5.65. The van der Waals surface area contributed by atoms with Gasteiger partial charge in [0.2, 0.25) is 5.91 Å². The van der Waals surface area contributed by atoms with Crippen molar-refractivity contribution in [3.63, 3.8) is 0 Å². The highest BCUT2D eigenvalue weighted by Gasteiger charge is 2.38. The van der Waals surface area contributed by atoms with E-state index in [9.17, 15) is 4.79 Å². The second kappa shape index (κ2) is 4.98. The van der Waals surface area contributed by atoms with E-state index in [1.165, 1.54) is 21.9 Å². The normalized spacial score (nSPS) is 15.1. The van der Waals surface area contributed by atoms with E-state index in [-0.39, 0.29) is 11.3 Å². The van der Waals surface area contributed by atoms with Gasteiger partial charge < -0.3 is 4.98 Å². The summed E-state index contributed by atoms with van der Waals surface area (Å²) >= 11 is 0. The molecule has 1 amide bonds. The summed E-state index contributed by atoms with van der Waals surface area (Å²) in [4.78, 5) is 17.9. The third-order valence-electron chi connectivity index (χ3n) is 5.67. The molecule has 1 aliphatic heterocycles. The van der Waals surface area contributed by atoms with Crippen LogP contribution >= 0.6 is 0 Å². The summed E-state index contributed by atoms with van der Waals surface area (Å²) in [6.07, 6.45) is 0. The molecule has 0 unspecified atom stereocenters. The van der Waals surface area contributed by atoms with E-state index in [1.54, 1.807) is 6.92 Å². The van der Waals surface area contributed by atoms with Crippen LogP contribution in [0.15, 0.2) is 60.7 Å². The number of aromatic amines is 1. The molecule has 1 N–H and O–H groups in total. The monoisotopic (exact) mass is 340 g/mol. The standard InChI is InChI=1S/C23H20N2O/c1-14(26)25-21-11-7-5-9-17(21)23(2,3)18-12-16-15-8-4-6-10-19(15)24-20(16)13-22(18)25/h4-13,24H,1-3H3. The summed E-state index contributed by atoms with van der Waals surface area (Å²) < 4.78 is 0. The lowest BCUT2D eigenvalue weighted by molar-refractivity contribution is -0.115. The maximum atomic E-state index is 12.6. The van der Waals surface area contributed by atoms with E-state index >= 15 is 0 Å². The topological polar surface area (TPSA) is 36.1 Å². The highest BCUT2D eigenvalue weighted by Crippen LogP contribution is 2.50. The van der Waals surface area contributed by atoms with Crippen LogP contribution < -0.4 is 4.90 Å². The summed E-state index contributed by atoms with van der Waals surface area (Å²) in [5.74, 6) is 0.0321. The summed E-state index contributed by atoms with van der Waals surface area (Å²) in [5, 5.41) is 2.42. The van der Waals surface area contributed by atoms with Crippen molar-refractivity contribution >= 4 is 39.1 Å². The molecule has 0 spiro atoms. The van der Waals surface area contributed by atoms with E-state index in [0.29, 0.717) is 0 Å². The largest absolute Gasteiger partial charge is 0.354 e. The number of anilines is 2. The average molecular weight is 340 g/mol. The van der Waals surface area contributed by atoms with Crippen molar-refractivity contribution in [1.29, 1.82) is 0 Å². The molecule has 1 aromatic heterocycles. The number of aromatic nitrogens is 1. The molecule has 128 valence electrons. The Kier molecular flexibility index (Phi) is 2.91. The van der Waals surface area contributed by atoms with Gasteiger partial charge in [-0.1, -0.05) is 50.2 Å². The van der Waals surface area contributed by atoms with Crippen LogP contribution in [0.5, 0.6) is 0 Å². The van der Waals surface area contributed by atoms with Crippen molar-refractivity contribution in [3.05, 3.63) is 71.8 Å². The lowest BCUT2D eigenvalue weighted by atomic mass is 9.73. The molecule has 0 fully saturated rings. The van der Waals surface area contributed by atoms with Crippen LogP contribution in [0.4, 0.5) is 11.4 Å². The summed E-state index contributed by atoms with van der Waals surface area (Å²) in [5.41, 5.74) is 6.32. The van der Waals surface area contributed by atoms with Gasteiger partial charge in [-0.05, 0) is 35.4 Å². The van der Waals surface area contributed by atoms with Gasteiger partial charge in [0.25, 0.3) is 0 Å². The maximum absolute atomic E-state index is 12.6. The highest BCUT2D eigenvalue weighted by atomic mass is 16.2. The average Bonchev–Trinajstić information content (AvgIpc) is 2.98. The maximum Gasteiger partial charge on any atom is 0.228 e. The molecule has 3 nitrogen and oxygen atoms in total. The fourth-order valence-electron chi connectivity index (χ4n) is 4.38. The van der Waals surface area contributed by atoms with Gasteiger partial charge in [-0.25, -0.2) is 0 Å². The van der Waals surface area contributed by atoms with Crippen molar-refractivity contribution in [2.45, 2.75) is 26.2 Å². The zero-order valence-corrected chi connectivity index (χ0v) is 15.1. The van der Waals surface area contributed by atoms with E-state index in [1.807, 2.05) is 29.2 Å². The Morgan fingerprint density at radius 3 is 2.38 bits per heavy atom. The van der Waals surface area contributed by atoms with E-state index in [2.05, 4.69) is 55.2 Å². The molecule has 0 radical (unpaired) electrons. The minimum absolute atomic E-state index is 0.0321. The summed E-state index contributed by atoms with van der Waals surface area (Å²) in [6.45, 7) is 6.11. The Morgan fingerprint density at radius 2 is 1.58 bits per heavy atom. The van der Waals surface area contributed by atoms with E-state index in [4.69, 9.17) is 0 Å². The number of benzene rings is 3. The lowest BCUT2D eigenvalue weighted by Crippen LogP contribution is -2.35. The third-order valence-corrected chi connectivity index (χ3v) is 5.67. The Morgan fingerprint density at radius 1 is 0.846 bits per heavy atom. The molecule has 0 bridgehead atoms. The van der Waals surface area contributed by atoms with Gasteiger partial charge in [0, 0.05) is 34.1 Å².